The van der Waals surface area contributed by atoms with E-state index in [0.717, 1.165) is 5.56 Å². The van der Waals surface area contributed by atoms with Crippen LogP contribution >= 0.6 is 11.9 Å². The van der Waals surface area contributed by atoms with E-state index in [2.05, 4.69) is 16.9 Å². The lowest BCUT2D eigenvalue weighted by Crippen LogP contribution is -2.01. The minimum atomic E-state index is 0.478. The minimum Gasteiger partial charge on any atom is -0.332 e. The number of nitriles is 1. The lowest BCUT2D eigenvalue weighted by molar-refractivity contribution is 1.16. The van der Waals surface area contributed by atoms with Crippen molar-refractivity contribution in [3.05, 3.63) is 35.5 Å². The third-order valence-electron chi connectivity index (χ3n) is 1.89. The van der Waals surface area contributed by atoms with Crippen LogP contribution in [-0.4, -0.2) is 0 Å². The predicted molar refractivity (Wildman–Crippen MR) is 53.8 cm³/mol. The Labute approximate surface area is 81.4 Å². The second-order valence-corrected chi connectivity index (χ2v) is 3.57. The molecule has 0 unspecified atom stereocenters. The second-order valence-electron chi connectivity index (χ2n) is 2.72. The molecule has 1 aromatic rings. The van der Waals surface area contributed by atoms with Crippen molar-refractivity contribution in [3.63, 3.8) is 0 Å². The molecular formula is C10H8N2S. The van der Waals surface area contributed by atoms with Crippen LogP contribution in [0.2, 0.25) is 0 Å². The van der Waals surface area contributed by atoms with Gasteiger partial charge in [-0.25, -0.2) is 0 Å². The molecule has 0 bridgehead atoms. The highest BCUT2D eigenvalue weighted by molar-refractivity contribution is 7.97. The fourth-order valence-electron chi connectivity index (χ4n) is 1.30. The van der Waals surface area contributed by atoms with Crippen LogP contribution in [0, 0.1) is 11.3 Å². The fourth-order valence-corrected chi connectivity index (χ4v) is 2.08. The van der Waals surface area contributed by atoms with E-state index in [1.54, 1.807) is 11.9 Å². The van der Waals surface area contributed by atoms with E-state index in [1.165, 1.54) is 10.5 Å². The van der Waals surface area contributed by atoms with Crippen molar-refractivity contribution >= 4 is 18.0 Å². The van der Waals surface area contributed by atoms with Gasteiger partial charge in [0.1, 0.15) is 0 Å². The molecule has 0 atom stereocenters. The normalized spacial score (nSPS) is 12.8. The number of fused-ring (bicyclic) bond motifs is 1. The van der Waals surface area contributed by atoms with Gasteiger partial charge in [-0.15, -0.1) is 0 Å². The molecular weight excluding hydrogens is 180 g/mol. The van der Waals surface area contributed by atoms with E-state index in [9.17, 15) is 0 Å². The molecule has 64 valence electrons. The van der Waals surface area contributed by atoms with E-state index in [0.29, 0.717) is 6.42 Å². The van der Waals surface area contributed by atoms with Gasteiger partial charge in [0.15, 0.2) is 0 Å². The molecule has 0 radical (unpaired) electrons. The summed E-state index contributed by atoms with van der Waals surface area (Å²) in [5.74, 6) is 0. The number of hydrogen-bond donors (Lipinski definition) is 1. The maximum Gasteiger partial charge on any atom is 0.0670 e. The molecule has 0 aliphatic carbocycles. The molecule has 1 N–H and O–H groups in total. The first-order valence-corrected chi connectivity index (χ1v) is 4.81. The number of hydrogen-bond acceptors (Lipinski definition) is 3. The molecule has 0 amide bonds. The average molecular weight is 188 g/mol. The van der Waals surface area contributed by atoms with Gasteiger partial charge < -0.3 is 4.72 Å². The highest BCUT2D eigenvalue weighted by Gasteiger charge is 2.08. The quantitative estimate of drug-likeness (QED) is 0.687. The standard InChI is InChI=1S/C10H8N2S/c11-6-4-8-2-1-3-9-5-7-12-13-10(8)9/h1-3,5,7,12H,4H2. The predicted octanol–water partition coefficient (Wildman–Crippen LogP) is 2.33. The van der Waals surface area contributed by atoms with Crippen LogP contribution in [0.3, 0.4) is 0 Å². The van der Waals surface area contributed by atoms with Crippen LogP contribution in [0.1, 0.15) is 11.1 Å². The third-order valence-corrected chi connectivity index (χ3v) is 2.84. The molecule has 2 rings (SSSR count). The molecule has 0 spiro atoms. The van der Waals surface area contributed by atoms with Crippen molar-refractivity contribution in [3.8, 4) is 6.07 Å². The number of benzene rings is 1. The van der Waals surface area contributed by atoms with Gasteiger partial charge in [-0.3, -0.25) is 0 Å². The average Bonchev–Trinajstić information content (AvgIpc) is 2.19. The summed E-state index contributed by atoms with van der Waals surface area (Å²) in [6.07, 6.45) is 4.40. The number of rotatable bonds is 1. The van der Waals surface area contributed by atoms with E-state index < -0.39 is 0 Å². The zero-order valence-electron chi connectivity index (χ0n) is 6.95. The van der Waals surface area contributed by atoms with E-state index >= 15 is 0 Å². The number of nitrogens with zero attached hydrogens (tertiary/aromatic N) is 1. The molecule has 13 heavy (non-hydrogen) atoms. The van der Waals surface area contributed by atoms with Gasteiger partial charge in [0.2, 0.25) is 0 Å². The molecule has 0 fully saturated rings. The molecule has 0 saturated carbocycles. The zero-order valence-corrected chi connectivity index (χ0v) is 7.77. The topological polar surface area (TPSA) is 35.8 Å². The first kappa shape index (κ1) is 8.21. The van der Waals surface area contributed by atoms with Gasteiger partial charge in [-0.1, -0.05) is 18.2 Å². The first-order chi connectivity index (χ1) is 6.42. The van der Waals surface area contributed by atoms with Gasteiger partial charge in [0.05, 0.1) is 12.5 Å². The van der Waals surface area contributed by atoms with Crippen LogP contribution in [0.15, 0.2) is 29.3 Å². The lowest BCUT2D eigenvalue weighted by atomic mass is 10.1. The Morgan fingerprint density at radius 1 is 1.46 bits per heavy atom. The summed E-state index contributed by atoms with van der Waals surface area (Å²) in [4.78, 5) is 1.17. The summed E-state index contributed by atoms with van der Waals surface area (Å²) in [5.41, 5.74) is 2.29. The highest BCUT2D eigenvalue weighted by Crippen LogP contribution is 2.28. The summed E-state index contributed by atoms with van der Waals surface area (Å²) in [7, 11) is 0. The van der Waals surface area contributed by atoms with Gasteiger partial charge in [0, 0.05) is 11.1 Å². The lowest BCUT2D eigenvalue weighted by Gasteiger charge is -2.13. The summed E-state index contributed by atoms with van der Waals surface area (Å²) >= 11 is 1.57. The largest absolute Gasteiger partial charge is 0.332 e. The zero-order chi connectivity index (χ0) is 9.10. The molecule has 0 aromatic heterocycles. The van der Waals surface area contributed by atoms with Gasteiger partial charge >= 0.3 is 0 Å². The van der Waals surface area contributed by atoms with Crippen LogP contribution in [0.25, 0.3) is 6.08 Å². The molecule has 1 aliphatic rings. The number of nitrogens with one attached hydrogen (secondary N) is 1. The first-order valence-electron chi connectivity index (χ1n) is 3.99. The molecule has 0 saturated heterocycles. The van der Waals surface area contributed by atoms with Crippen molar-refractivity contribution in [2.75, 3.05) is 0 Å². The summed E-state index contributed by atoms with van der Waals surface area (Å²) in [6.45, 7) is 0. The Bertz CT molecular complexity index is 390. The highest BCUT2D eigenvalue weighted by atomic mass is 32.2. The van der Waals surface area contributed by atoms with E-state index in [-0.39, 0.29) is 0 Å². The smallest absolute Gasteiger partial charge is 0.0670 e. The molecule has 3 heteroatoms. The molecule has 1 aliphatic heterocycles. The van der Waals surface area contributed by atoms with Crippen LogP contribution in [0.4, 0.5) is 0 Å². The van der Waals surface area contributed by atoms with Gasteiger partial charge in [0.25, 0.3) is 0 Å². The van der Waals surface area contributed by atoms with Crippen LogP contribution in [-0.2, 0) is 6.42 Å². The van der Waals surface area contributed by atoms with E-state index in [1.807, 2.05) is 24.4 Å². The third kappa shape index (κ3) is 1.53. The Morgan fingerprint density at radius 2 is 2.38 bits per heavy atom. The Morgan fingerprint density at radius 3 is 3.23 bits per heavy atom. The maximum atomic E-state index is 8.62. The molecule has 1 heterocycles. The summed E-state index contributed by atoms with van der Waals surface area (Å²) < 4.78 is 3.07. The van der Waals surface area contributed by atoms with Crippen LogP contribution in [0.5, 0.6) is 0 Å². The fraction of sp³-hybridized carbons (Fsp3) is 0.100. The Kier molecular flexibility index (Phi) is 2.24. The molecule has 2 nitrogen and oxygen atoms in total. The SMILES string of the molecule is N#CCc1cccc2c1SNC=C2. The van der Waals surface area contributed by atoms with Crippen molar-refractivity contribution in [2.45, 2.75) is 11.3 Å². The Balaban J connectivity index is 2.48. The second kappa shape index (κ2) is 3.55. The van der Waals surface area contributed by atoms with Crippen molar-refractivity contribution < 1.29 is 0 Å². The molecule has 1 aromatic carbocycles. The van der Waals surface area contributed by atoms with Crippen LogP contribution < -0.4 is 4.72 Å². The minimum absolute atomic E-state index is 0.478. The van der Waals surface area contributed by atoms with Gasteiger partial charge in [-0.05, 0) is 29.2 Å². The van der Waals surface area contributed by atoms with E-state index in [4.69, 9.17) is 5.26 Å². The summed E-state index contributed by atoms with van der Waals surface area (Å²) in [5, 5.41) is 8.62. The monoisotopic (exact) mass is 188 g/mol. The van der Waals surface area contributed by atoms with Crippen molar-refractivity contribution in [1.29, 1.82) is 5.26 Å². The maximum absolute atomic E-state index is 8.62. The van der Waals surface area contributed by atoms with Crippen molar-refractivity contribution in [2.24, 2.45) is 0 Å². The van der Waals surface area contributed by atoms with Crippen molar-refractivity contribution in [1.82, 2.24) is 4.72 Å². The summed E-state index contributed by atoms with van der Waals surface area (Å²) in [6, 6.07) is 8.21. The Hall–Kier alpha value is -1.40. The van der Waals surface area contributed by atoms with Gasteiger partial charge in [-0.2, -0.15) is 5.26 Å².